The lowest BCUT2D eigenvalue weighted by Gasteiger charge is -2.24. The number of fused-ring (bicyclic) bond motifs is 2. The van der Waals surface area contributed by atoms with Gasteiger partial charge in [0.2, 0.25) is 5.76 Å². The van der Waals surface area contributed by atoms with E-state index in [0.29, 0.717) is 33.9 Å². The number of aromatic hydroxyl groups is 1. The monoisotopic (exact) mass is 465 g/mol. The second-order valence-corrected chi connectivity index (χ2v) is 8.25. The van der Waals surface area contributed by atoms with Crippen LogP contribution in [0.25, 0.3) is 11.0 Å². The molecule has 0 spiro atoms. The standard InChI is InChI=1S/C25H20ClNO6/c1-3-31-20-10-14(6-7-18(20)28)22-21-23(29)16-11-17(26)13(2)9-19(16)33-24(21)25(30)27(22)12-15-5-4-8-32-15/h4-11,22,28H,3,12H2,1-2H3/t22-/m1/s1. The molecule has 1 amide bonds. The summed E-state index contributed by atoms with van der Waals surface area (Å²) < 4.78 is 17.0. The maximum absolute atomic E-state index is 13.6. The van der Waals surface area contributed by atoms with Gasteiger partial charge in [0, 0.05) is 5.02 Å². The predicted octanol–water partition coefficient (Wildman–Crippen LogP) is 5.20. The summed E-state index contributed by atoms with van der Waals surface area (Å²) in [5.41, 5.74) is 1.52. The quantitative estimate of drug-likeness (QED) is 0.435. The van der Waals surface area contributed by atoms with Gasteiger partial charge in [-0.1, -0.05) is 17.7 Å². The van der Waals surface area contributed by atoms with E-state index in [2.05, 4.69) is 0 Å². The van der Waals surface area contributed by atoms with E-state index in [1.54, 1.807) is 50.2 Å². The number of amides is 1. The molecule has 0 saturated carbocycles. The molecule has 7 nitrogen and oxygen atoms in total. The number of hydrogen-bond donors (Lipinski definition) is 1. The van der Waals surface area contributed by atoms with Crippen LogP contribution in [0.3, 0.4) is 0 Å². The molecule has 33 heavy (non-hydrogen) atoms. The molecule has 168 valence electrons. The average Bonchev–Trinajstić information content (AvgIpc) is 3.39. The van der Waals surface area contributed by atoms with E-state index in [-0.39, 0.29) is 34.8 Å². The Balaban J connectivity index is 1.75. The Morgan fingerprint density at radius 1 is 1.18 bits per heavy atom. The summed E-state index contributed by atoms with van der Waals surface area (Å²) in [6.45, 7) is 4.07. The summed E-state index contributed by atoms with van der Waals surface area (Å²) >= 11 is 6.27. The topological polar surface area (TPSA) is 93.1 Å². The SMILES string of the molecule is CCOc1cc([C@@H]2c3c(oc4cc(C)c(Cl)cc4c3=O)C(=O)N2Cc2ccco2)ccc1O. The zero-order valence-corrected chi connectivity index (χ0v) is 18.7. The van der Waals surface area contributed by atoms with Gasteiger partial charge in [-0.3, -0.25) is 9.59 Å². The van der Waals surface area contributed by atoms with Gasteiger partial charge in [0.1, 0.15) is 11.3 Å². The number of ether oxygens (including phenoxy) is 1. The molecule has 1 aliphatic heterocycles. The van der Waals surface area contributed by atoms with Gasteiger partial charge in [0.15, 0.2) is 16.9 Å². The van der Waals surface area contributed by atoms with Crippen molar-refractivity contribution in [2.45, 2.75) is 26.4 Å². The van der Waals surface area contributed by atoms with Crippen molar-refractivity contribution in [3.8, 4) is 11.5 Å². The maximum atomic E-state index is 13.6. The largest absolute Gasteiger partial charge is 0.504 e. The van der Waals surface area contributed by atoms with Gasteiger partial charge in [-0.2, -0.15) is 0 Å². The van der Waals surface area contributed by atoms with E-state index in [1.165, 1.54) is 17.2 Å². The summed E-state index contributed by atoms with van der Waals surface area (Å²) in [5.74, 6) is 0.343. The van der Waals surface area contributed by atoms with Crippen molar-refractivity contribution in [3.05, 3.63) is 92.2 Å². The molecular weight excluding hydrogens is 446 g/mol. The van der Waals surface area contributed by atoms with Crippen LogP contribution in [0, 0.1) is 6.92 Å². The second-order valence-electron chi connectivity index (χ2n) is 7.85. The van der Waals surface area contributed by atoms with Crippen molar-refractivity contribution in [2.24, 2.45) is 0 Å². The minimum Gasteiger partial charge on any atom is -0.504 e. The van der Waals surface area contributed by atoms with E-state index in [1.807, 2.05) is 0 Å². The highest BCUT2D eigenvalue weighted by molar-refractivity contribution is 6.32. The Labute approximate surface area is 193 Å². The highest BCUT2D eigenvalue weighted by Crippen LogP contribution is 2.41. The fourth-order valence-corrected chi connectivity index (χ4v) is 4.36. The molecule has 2 aromatic carbocycles. The molecule has 0 radical (unpaired) electrons. The first kappa shape index (κ1) is 21.2. The van der Waals surface area contributed by atoms with Crippen molar-refractivity contribution in [3.63, 3.8) is 0 Å². The predicted molar refractivity (Wildman–Crippen MR) is 122 cm³/mol. The number of aryl methyl sites for hydroxylation is 1. The van der Waals surface area contributed by atoms with Gasteiger partial charge in [0.25, 0.3) is 5.91 Å². The molecule has 0 bridgehead atoms. The Morgan fingerprint density at radius 3 is 2.73 bits per heavy atom. The van der Waals surface area contributed by atoms with Gasteiger partial charge in [-0.05, 0) is 61.4 Å². The van der Waals surface area contributed by atoms with Crippen LogP contribution in [0.4, 0.5) is 0 Å². The third-order valence-corrected chi connectivity index (χ3v) is 6.16. The summed E-state index contributed by atoms with van der Waals surface area (Å²) in [7, 11) is 0. The number of carbonyl (C=O) groups is 1. The first-order valence-corrected chi connectivity index (χ1v) is 10.8. The van der Waals surface area contributed by atoms with Gasteiger partial charge < -0.3 is 23.6 Å². The van der Waals surface area contributed by atoms with E-state index >= 15 is 0 Å². The molecule has 3 heterocycles. The third-order valence-electron chi connectivity index (χ3n) is 5.75. The number of furan rings is 1. The molecule has 1 atom stereocenters. The minimum atomic E-state index is -0.766. The van der Waals surface area contributed by atoms with E-state index in [0.717, 1.165) is 5.56 Å². The van der Waals surface area contributed by atoms with Crippen LogP contribution >= 0.6 is 11.6 Å². The normalized spacial score (nSPS) is 15.3. The summed E-state index contributed by atoms with van der Waals surface area (Å²) in [6, 6.07) is 10.7. The smallest absolute Gasteiger partial charge is 0.291 e. The van der Waals surface area contributed by atoms with Crippen LogP contribution in [0.5, 0.6) is 11.5 Å². The Kier molecular flexibility index (Phi) is 5.13. The molecule has 5 rings (SSSR count). The fourth-order valence-electron chi connectivity index (χ4n) is 4.19. The van der Waals surface area contributed by atoms with E-state index in [9.17, 15) is 14.7 Å². The van der Waals surface area contributed by atoms with Crippen LogP contribution in [0.2, 0.25) is 5.02 Å². The zero-order chi connectivity index (χ0) is 23.3. The number of hydrogen-bond acceptors (Lipinski definition) is 6. The van der Waals surface area contributed by atoms with Crippen LogP contribution < -0.4 is 10.2 Å². The first-order valence-electron chi connectivity index (χ1n) is 10.4. The van der Waals surface area contributed by atoms with Crippen LogP contribution in [-0.4, -0.2) is 22.5 Å². The Bertz CT molecular complexity index is 1440. The van der Waals surface area contributed by atoms with Crippen molar-refractivity contribution in [1.82, 2.24) is 4.90 Å². The molecule has 8 heteroatoms. The number of benzene rings is 2. The molecule has 2 aromatic heterocycles. The molecular formula is C25H20ClNO6. The third kappa shape index (κ3) is 3.45. The first-order chi connectivity index (χ1) is 15.9. The molecule has 4 aromatic rings. The molecule has 1 N–H and O–H groups in total. The van der Waals surface area contributed by atoms with E-state index < -0.39 is 11.9 Å². The zero-order valence-electron chi connectivity index (χ0n) is 17.9. The number of rotatable bonds is 5. The summed E-state index contributed by atoms with van der Waals surface area (Å²) in [6.07, 6.45) is 1.52. The number of nitrogens with zero attached hydrogens (tertiary/aromatic N) is 1. The van der Waals surface area contributed by atoms with Crippen molar-refractivity contribution in [2.75, 3.05) is 6.61 Å². The van der Waals surface area contributed by atoms with Crippen molar-refractivity contribution in [1.29, 1.82) is 0 Å². The summed E-state index contributed by atoms with van der Waals surface area (Å²) in [4.78, 5) is 28.6. The van der Waals surface area contributed by atoms with E-state index in [4.69, 9.17) is 25.2 Å². The number of phenolic OH excluding ortho intramolecular Hbond substituents is 1. The van der Waals surface area contributed by atoms with Gasteiger partial charge in [-0.15, -0.1) is 0 Å². The number of carbonyl (C=O) groups excluding carboxylic acids is 1. The lowest BCUT2D eigenvalue weighted by molar-refractivity contribution is 0.0701. The van der Waals surface area contributed by atoms with Crippen LogP contribution in [-0.2, 0) is 6.54 Å². The molecule has 0 saturated heterocycles. The molecule has 0 aliphatic carbocycles. The Hall–Kier alpha value is -3.71. The number of halogens is 1. The molecule has 1 aliphatic rings. The number of phenols is 1. The van der Waals surface area contributed by atoms with Crippen LogP contribution in [0.15, 0.2) is 62.4 Å². The lowest BCUT2D eigenvalue weighted by Crippen LogP contribution is -2.29. The highest BCUT2D eigenvalue weighted by Gasteiger charge is 2.43. The minimum absolute atomic E-state index is 0.0168. The molecule has 0 unspecified atom stereocenters. The molecule has 0 fully saturated rings. The van der Waals surface area contributed by atoms with Crippen molar-refractivity contribution < 1.29 is 23.5 Å². The van der Waals surface area contributed by atoms with Gasteiger partial charge >= 0.3 is 0 Å². The van der Waals surface area contributed by atoms with Gasteiger partial charge in [-0.25, -0.2) is 0 Å². The van der Waals surface area contributed by atoms with Gasteiger partial charge in [0.05, 0.1) is 36.4 Å². The highest BCUT2D eigenvalue weighted by atomic mass is 35.5. The second kappa shape index (κ2) is 8.01. The average molecular weight is 466 g/mol. The summed E-state index contributed by atoms with van der Waals surface area (Å²) in [5, 5.41) is 10.9. The maximum Gasteiger partial charge on any atom is 0.291 e. The Morgan fingerprint density at radius 2 is 2.00 bits per heavy atom. The van der Waals surface area contributed by atoms with Crippen molar-refractivity contribution >= 4 is 28.5 Å². The van der Waals surface area contributed by atoms with Crippen LogP contribution in [0.1, 0.15) is 46.0 Å². The fraction of sp³-hybridized carbons (Fsp3) is 0.200. The lowest BCUT2D eigenvalue weighted by atomic mass is 9.97.